The van der Waals surface area contributed by atoms with Gasteiger partial charge >= 0.3 is 0 Å². The van der Waals surface area contributed by atoms with E-state index in [0.29, 0.717) is 43.6 Å². The second-order valence-electron chi connectivity index (χ2n) is 7.18. The van der Waals surface area contributed by atoms with Crippen molar-refractivity contribution in [2.24, 2.45) is 5.92 Å². The molecule has 1 aliphatic heterocycles. The fourth-order valence-electron chi connectivity index (χ4n) is 3.86. The molecule has 0 aromatic carbocycles. The Bertz CT molecular complexity index is 844. The first-order chi connectivity index (χ1) is 12.5. The van der Waals surface area contributed by atoms with Gasteiger partial charge in [0.15, 0.2) is 11.3 Å². The largest absolute Gasteiger partial charge is 0.351 e. The maximum atomic E-state index is 12.8. The first-order valence-corrected chi connectivity index (χ1v) is 8.94. The van der Waals surface area contributed by atoms with E-state index in [1.54, 1.807) is 33.9 Å². The first kappa shape index (κ1) is 16.7. The topological polar surface area (TPSA) is 96.7 Å². The van der Waals surface area contributed by atoms with Gasteiger partial charge in [-0.05, 0) is 25.8 Å². The van der Waals surface area contributed by atoms with Gasteiger partial charge in [-0.1, -0.05) is 0 Å². The van der Waals surface area contributed by atoms with Gasteiger partial charge < -0.3 is 10.2 Å². The van der Waals surface area contributed by atoms with Crippen molar-refractivity contribution in [1.29, 1.82) is 0 Å². The standard InChI is InChI=1S/C18H21N5O3/c1-11-7-13(20-17(25)12-3-4-14(24)8-12)10-22(11)18(26)15-9-16-19-5-2-6-23(16)21-15/h2,5-6,9,11-13H,3-4,7-8,10H2,1H3,(H,20,25). The van der Waals surface area contributed by atoms with Crippen molar-refractivity contribution in [2.45, 2.75) is 44.7 Å². The summed E-state index contributed by atoms with van der Waals surface area (Å²) in [6.07, 6.45) is 5.56. The van der Waals surface area contributed by atoms with Gasteiger partial charge in [-0.3, -0.25) is 14.4 Å². The van der Waals surface area contributed by atoms with Crippen molar-refractivity contribution < 1.29 is 14.4 Å². The molecule has 3 heterocycles. The molecule has 1 saturated carbocycles. The van der Waals surface area contributed by atoms with E-state index in [1.165, 1.54) is 0 Å². The molecule has 0 radical (unpaired) electrons. The predicted molar refractivity (Wildman–Crippen MR) is 92.4 cm³/mol. The third-order valence-corrected chi connectivity index (χ3v) is 5.25. The third-order valence-electron chi connectivity index (χ3n) is 5.25. The Balaban J connectivity index is 1.42. The highest BCUT2D eigenvalue weighted by atomic mass is 16.2. The summed E-state index contributed by atoms with van der Waals surface area (Å²) < 4.78 is 1.57. The van der Waals surface area contributed by atoms with Crippen LogP contribution in [0.25, 0.3) is 5.65 Å². The number of rotatable bonds is 3. The van der Waals surface area contributed by atoms with E-state index in [1.807, 2.05) is 6.92 Å². The van der Waals surface area contributed by atoms with Crippen LogP contribution in [0.2, 0.25) is 0 Å². The normalized spacial score (nSPS) is 25.8. The number of hydrogen-bond donors (Lipinski definition) is 1. The Kier molecular flexibility index (Phi) is 4.18. The van der Waals surface area contributed by atoms with Gasteiger partial charge in [-0.2, -0.15) is 5.10 Å². The number of carbonyl (C=O) groups is 3. The average Bonchev–Trinajstić information content (AvgIpc) is 3.32. The number of ketones is 1. The molecule has 2 amide bonds. The minimum Gasteiger partial charge on any atom is -0.351 e. The lowest BCUT2D eigenvalue weighted by atomic mass is 10.1. The molecular weight excluding hydrogens is 334 g/mol. The molecule has 1 aliphatic carbocycles. The lowest BCUT2D eigenvalue weighted by Gasteiger charge is -2.20. The van der Waals surface area contributed by atoms with E-state index in [4.69, 9.17) is 0 Å². The fraction of sp³-hybridized carbons (Fsp3) is 0.500. The van der Waals surface area contributed by atoms with Crippen LogP contribution in [0.4, 0.5) is 0 Å². The quantitative estimate of drug-likeness (QED) is 0.879. The molecule has 26 heavy (non-hydrogen) atoms. The van der Waals surface area contributed by atoms with Crippen LogP contribution in [0.3, 0.4) is 0 Å². The summed E-state index contributed by atoms with van der Waals surface area (Å²) in [6, 6.07) is 3.35. The zero-order valence-corrected chi connectivity index (χ0v) is 14.6. The Morgan fingerprint density at radius 2 is 2.19 bits per heavy atom. The fourth-order valence-corrected chi connectivity index (χ4v) is 3.86. The van der Waals surface area contributed by atoms with Crippen molar-refractivity contribution in [3.8, 4) is 0 Å². The zero-order chi connectivity index (χ0) is 18.3. The molecule has 1 saturated heterocycles. The molecule has 136 valence electrons. The molecule has 8 heteroatoms. The maximum absolute atomic E-state index is 12.8. The Morgan fingerprint density at radius 3 is 2.92 bits per heavy atom. The van der Waals surface area contributed by atoms with Crippen LogP contribution < -0.4 is 5.32 Å². The number of fused-ring (bicyclic) bond motifs is 1. The summed E-state index contributed by atoms with van der Waals surface area (Å²) >= 11 is 0. The molecule has 0 spiro atoms. The summed E-state index contributed by atoms with van der Waals surface area (Å²) in [5.74, 6) is -0.288. The highest BCUT2D eigenvalue weighted by Gasteiger charge is 2.36. The van der Waals surface area contributed by atoms with Crippen LogP contribution in [0.15, 0.2) is 24.5 Å². The second kappa shape index (κ2) is 6.51. The van der Waals surface area contributed by atoms with E-state index in [2.05, 4.69) is 15.4 Å². The van der Waals surface area contributed by atoms with Crippen molar-refractivity contribution in [3.05, 3.63) is 30.2 Å². The minimum absolute atomic E-state index is 0.00998. The number of likely N-dealkylation sites (tertiary alicyclic amines) is 1. The molecule has 3 atom stereocenters. The Hall–Kier alpha value is -2.77. The SMILES string of the molecule is CC1CC(NC(=O)C2CCC(=O)C2)CN1C(=O)c1cc2ncccn2n1. The second-order valence-corrected chi connectivity index (χ2v) is 7.18. The van der Waals surface area contributed by atoms with Crippen molar-refractivity contribution in [3.63, 3.8) is 0 Å². The highest BCUT2D eigenvalue weighted by Crippen LogP contribution is 2.24. The van der Waals surface area contributed by atoms with Gasteiger partial charge in [0.1, 0.15) is 5.78 Å². The number of aromatic nitrogens is 3. The molecular formula is C18H21N5O3. The third kappa shape index (κ3) is 3.07. The number of amides is 2. The van der Waals surface area contributed by atoms with Gasteiger partial charge in [0.25, 0.3) is 5.91 Å². The zero-order valence-electron chi connectivity index (χ0n) is 14.6. The molecule has 4 rings (SSSR count). The summed E-state index contributed by atoms with van der Waals surface area (Å²) in [7, 11) is 0. The highest BCUT2D eigenvalue weighted by molar-refractivity contribution is 5.94. The molecule has 2 aromatic rings. The average molecular weight is 355 g/mol. The Morgan fingerprint density at radius 1 is 1.35 bits per heavy atom. The van der Waals surface area contributed by atoms with Gasteiger partial charge in [0.05, 0.1) is 0 Å². The number of nitrogens with zero attached hydrogens (tertiary/aromatic N) is 4. The van der Waals surface area contributed by atoms with Crippen LogP contribution in [0, 0.1) is 5.92 Å². The minimum atomic E-state index is -0.216. The van der Waals surface area contributed by atoms with Gasteiger partial charge in [-0.15, -0.1) is 0 Å². The van der Waals surface area contributed by atoms with Crippen LogP contribution in [0.1, 0.15) is 43.1 Å². The summed E-state index contributed by atoms with van der Waals surface area (Å²) in [4.78, 5) is 42.4. The number of Topliss-reactive ketones (excluding diaryl/α,β-unsaturated/α-hetero) is 1. The lowest BCUT2D eigenvalue weighted by molar-refractivity contribution is -0.127. The molecule has 1 N–H and O–H groups in total. The predicted octanol–water partition coefficient (Wildman–Crippen LogP) is 0.818. The molecule has 3 unspecified atom stereocenters. The van der Waals surface area contributed by atoms with Crippen LogP contribution >= 0.6 is 0 Å². The van der Waals surface area contributed by atoms with Gasteiger partial charge in [-0.25, -0.2) is 9.50 Å². The molecule has 2 aliphatic rings. The van der Waals surface area contributed by atoms with Crippen LogP contribution in [-0.2, 0) is 9.59 Å². The van der Waals surface area contributed by atoms with Gasteiger partial charge in [0.2, 0.25) is 5.91 Å². The summed E-state index contributed by atoms with van der Waals surface area (Å²) in [6.45, 7) is 2.42. The number of carbonyl (C=O) groups excluding carboxylic acids is 3. The summed E-state index contributed by atoms with van der Waals surface area (Å²) in [5.41, 5.74) is 0.974. The molecule has 2 fully saturated rings. The lowest BCUT2D eigenvalue weighted by Crippen LogP contribution is -2.41. The van der Waals surface area contributed by atoms with Crippen LogP contribution in [-0.4, -0.2) is 55.7 Å². The van der Waals surface area contributed by atoms with E-state index in [0.717, 1.165) is 0 Å². The Labute approximate surface area is 150 Å². The molecule has 8 nitrogen and oxygen atoms in total. The van der Waals surface area contributed by atoms with Crippen molar-refractivity contribution >= 4 is 23.2 Å². The van der Waals surface area contributed by atoms with Crippen LogP contribution in [0.5, 0.6) is 0 Å². The number of hydrogen-bond acceptors (Lipinski definition) is 5. The molecule has 2 aromatic heterocycles. The summed E-state index contributed by atoms with van der Waals surface area (Å²) in [5, 5.41) is 7.30. The van der Waals surface area contributed by atoms with Crippen molar-refractivity contribution in [2.75, 3.05) is 6.54 Å². The van der Waals surface area contributed by atoms with E-state index < -0.39 is 0 Å². The maximum Gasteiger partial charge on any atom is 0.274 e. The smallest absolute Gasteiger partial charge is 0.274 e. The monoisotopic (exact) mass is 355 g/mol. The van der Waals surface area contributed by atoms with Gasteiger partial charge in [0, 0.05) is 55.8 Å². The first-order valence-electron chi connectivity index (χ1n) is 8.94. The van der Waals surface area contributed by atoms with Crippen molar-refractivity contribution in [1.82, 2.24) is 24.8 Å². The van der Waals surface area contributed by atoms with E-state index >= 15 is 0 Å². The molecule has 0 bridgehead atoms. The number of nitrogens with one attached hydrogen (secondary N) is 1. The van der Waals surface area contributed by atoms with E-state index in [9.17, 15) is 14.4 Å². The van der Waals surface area contributed by atoms with E-state index in [-0.39, 0.29) is 35.6 Å².